The number of nitrogens with one attached hydrogen (secondary N) is 1. The first-order valence-corrected chi connectivity index (χ1v) is 4.94. The smallest absolute Gasteiger partial charge is 0.206 e. The molecule has 1 saturated heterocycles. The molecule has 2 heterocycles. The molecule has 0 atom stereocenters. The lowest BCUT2D eigenvalue weighted by Gasteiger charge is -2.37. The summed E-state index contributed by atoms with van der Waals surface area (Å²) in [5.41, 5.74) is -0.238. The van der Waals surface area contributed by atoms with Crippen LogP contribution in [0.3, 0.4) is 0 Å². The summed E-state index contributed by atoms with van der Waals surface area (Å²) in [7, 11) is 0. The Kier molecular flexibility index (Phi) is 2.15. The van der Waals surface area contributed by atoms with Crippen LogP contribution < -0.4 is 5.32 Å². The van der Waals surface area contributed by atoms with Gasteiger partial charge in [-0.25, -0.2) is 4.98 Å². The lowest BCUT2D eigenvalue weighted by molar-refractivity contribution is 0.0705. The first-order chi connectivity index (χ1) is 6.67. The van der Waals surface area contributed by atoms with Crippen LogP contribution in [0, 0.1) is 5.41 Å². The third-order valence-corrected chi connectivity index (χ3v) is 2.84. The van der Waals surface area contributed by atoms with E-state index in [0.29, 0.717) is 5.82 Å². The van der Waals surface area contributed by atoms with Gasteiger partial charge in [0.15, 0.2) is 5.82 Å². The quantitative estimate of drug-likeness (QED) is 0.719. The van der Waals surface area contributed by atoms with Gasteiger partial charge in [0.25, 0.3) is 0 Å². The van der Waals surface area contributed by atoms with Crippen molar-refractivity contribution in [2.45, 2.75) is 20.4 Å². The maximum atomic E-state index is 12.1. The number of nitrogens with zero attached hydrogens (tertiary/aromatic N) is 2. The summed E-state index contributed by atoms with van der Waals surface area (Å²) in [6, 6.07) is 0. The number of hydrogen-bond acceptors (Lipinski definition) is 3. The summed E-state index contributed by atoms with van der Waals surface area (Å²) in [6.07, 6.45) is 3.54. The lowest BCUT2D eigenvalue weighted by Crippen LogP contribution is -2.56. The van der Waals surface area contributed by atoms with Crippen LogP contribution in [0.15, 0.2) is 12.4 Å². The van der Waals surface area contributed by atoms with Gasteiger partial charge in [0.05, 0.1) is 5.41 Å². The molecule has 1 N–H and O–H groups in total. The maximum absolute atomic E-state index is 12.1. The zero-order valence-electron chi connectivity index (χ0n) is 8.58. The second-order valence-electron chi connectivity index (χ2n) is 4.03. The van der Waals surface area contributed by atoms with Gasteiger partial charge in [0, 0.05) is 32.0 Å². The molecule has 0 bridgehead atoms. The third kappa shape index (κ3) is 1.26. The number of ketones is 1. The van der Waals surface area contributed by atoms with Crippen molar-refractivity contribution in [2.75, 3.05) is 13.1 Å². The number of aryl methyl sites for hydroxylation is 1. The van der Waals surface area contributed by atoms with Crippen molar-refractivity contribution in [3.8, 4) is 0 Å². The van der Waals surface area contributed by atoms with Gasteiger partial charge in [-0.15, -0.1) is 0 Å². The molecule has 2 rings (SSSR count). The van der Waals surface area contributed by atoms with Crippen LogP contribution in [0.25, 0.3) is 0 Å². The van der Waals surface area contributed by atoms with Gasteiger partial charge >= 0.3 is 0 Å². The fourth-order valence-corrected chi connectivity index (χ4v) is 1.70. The van der Waals surface area contributed by atoms with E-state index >= 15 is 0 Å². The number of imidazole rings is 1. The van der Waals surface area contributed by atoms with Crippen LogP contribution in [-0.2, 0) is 6.54 Å². The predicted molar refractivity (Wildman–Crippen MR) is 53.2 cm³/mol. The molecule has 4 heteroatoms. The van der Waals surface area contributed by atoms with Crippen LogP contribution in [0.2, 0.25) is 0 Å². The Hall–Kier alpha value is -1.16. The van der Waals surface area contributed by atoms with Crippen LogP contribution >= 0.6 is 0 Å². The average Bonchev–Trinajstić information content (AvgIpc) is 2.60. The number of carbonyl (C=O) groups is 1. The molecule has 0 radical (unpaired) electrons. The fraction of sp³-hybridized carbons (Fsp3) is 0.600. The Labute approximate surface area is 83.3 Å². The van der Waals surface area contributed by atoms with E-state index in [0.717, 1.165) is 19.6 Å². The molecular weight excluding hydrogens is 178 g/mol. The summed E-state index contributed by atoms with van der Waals surface area (Å²) in [6.45, 7) is 6.33. The minimum absolute atomic E-state index is 0.156. The van der Waals surface area contributed by atoms with Crippen molar-refractivity contribution in [1.29, 1.82) is 0 Å². The Bertz CT molecular complexity index is 352. The Morgan fingerprint density at radius 1 is 1.71 bits per heavy atom. The Morgan fingerprint density at radius 2 is 2.43 bits per heavy atom. The molecule has 0 aliphatic carbocycles. The summed E-state index contributed by atoms with van der Waals surface area (Å²) in [4.78, 5) is 16.2. The van der Waals surface area contributed by atoms with Crippen LogP contribution in [0.5, 0.6) is 0 Å². The van der Waals surface area contributed by atoms with Gasteiger partial charge in [-0.3, -0.25) is 4.79 Å². The summed E-state index contributed by atoms with van der Waals surface area (Å²) in [5.74, 6) is 0.750. The fourth-order valence-electron chi connectivity index (χ4n) is 1.70. The molecule has 1 aromatic heterocycles. The van der Waals surface area contributed by atoms with E-state index < -0.39 is 0 Å². The largest absolute Gasteiger partial charge is 0.329 e. The molecule has 1 aliphatic rings. The molecule has 76 valence electrons. The number of aromatic nitrogens is 2. The monoisotopic (exact) mass is 193 g/mol. The molecule has 1 aromatic rings. The predicted octanol–water partition coefficient (Wildman–Crippen LogP) is 0.695. The molecule has 1 fully saturated rings. The van der Waals surface area contributed by atoms with Gasteiger partial charge in [-0.2, -0.15) is 0 Å². The standard InChI is InChI=1S/C10H15N3O/c1-3-13-5-4-12-9(13)8(14)10(2)6-11-7-10/h4-5,11H,3,6-7H2,1-2H3. The minimum Gasteiger partial charge on any atom is -0.329 e. The number of rotatable bonds is 3. The van der Waals surface area contributed by atoms with Crippen molar-refractivity contribution in [3.05, 3.63) is 18.2 Å². The van der Waals surface area contributed by atoms with E-state index in [9.17, 15) is 4.79 Å². The van der Waals surface area contributed by atoms with E-state index in [4.69, 9.17) is 0 Å². The molecule has 14 heavy (non-hydrogen) atoms. The maximum Gasteiger partial charge on any atom is 0.206 e. The first-order valence-electron chi connectivity index (χ1n) is 4.94. The van der Waals surface area contributed by atoms with Gasteiger partial charge in [0.2, 0.25) is 5.78 Å². The van der Waals surface area contributed by atoms with Crippen molar-refractivity contribution in [3.63, 3.8) is 0 Å². The highest BCUT2D eigenvalue weighted by Crippen LogP contribution is 2.25. The van der Waals surface area contributed by atoms with Gasteiger partial charge in [0.1, 0.15) is 0 Å². The highest BCUT2D eigenvalue weighted by molar-refractivity contribution is 5.98. The molecule has 0 unspecified atom stereocenters. The van der Waals surface area contributed by atoms with E-state index in [1.54, 1.807) is 6.20 Å². The van der Waals surface area contributed by atoms with E-state index in [2.05, 4.69) is 10.3 Å². The molecular formula is C10H15N3O. The van der Waals surface area contributed by atoms with Gasteiger partial charge in [-0.1, -0.05) is 0 Å². The third-order valence-electron chi connectivity index (χ3n) is 2.84. The van der Waals surface area contributed by atoms with E-state index in [1.807, 2.05) is 24.6 Å². The Balaban J connectivity index is 2.26. The van der Waals surface area contributed by atoms with Crippen LogP contribution in [-0.4, -0.2) is 28.4 Å². The first kappa shape index (κ1) is 9.40. The van der Waals surface area contributed by atoms with Crippen molar-refractivity contribution in [1.82, 2.24) is 14.9 Å². The van der Waals surface area contributed by atoms with Crippen molar-refractivity contribution < 1.29 is 4.79 Å². The number of hydrogen-bond donors (Lipinski definition) is 1. The molecule has 4 nitrogen and oxygen atoms in total. The number of Topliss-reactive ketones (excluding diaryl/α,β-unsaturated/α-hetero) is 1. The van der Waals surface area contributed by atoms with E-state index in [-0.39, 0.29) is 11.2 Å². The molecule has 0 aromatic carbocycles. The SMILES string of the molecule is CCn1ccnc1C(=O)C1(C)CNC1. The normalized spacial score (nSPS) is 19.0. The molecule has 0 amide bonds. The average molecular weight is 193 g/mol. The Morgan fingerprint density at radius 3 is 2.93 bits per heavy atom. The van der Waals surface area contributed by atoms with Crippen LogP contribution in [0.4, 0.5) is 0 Å². The minimum atomic E-state index is -0.238. The van der Waals surface area contributed by atoms with Gasteiger partial charge < -0.3 is 9.88 Å². The zero-order chi connectivity index (χ0) is 10.2. The molecule has 1 aliphatic heterocycles. The molecule has 0 saturated carbocycles. The van der Waals surface area contributed by atoms with Crippen molar-refractivity contribution >= 4 is 5.78 Å². The second kappa shape index (κ2) is 3.20. The van der Waals surface area contributed by atoms with Crippen LogP contribution in [0.1, 0.15) is 24.5 Å². The zero-order valence-corrected chi connectivity index (χ0v) is 8.58. The highest BCUT2D eigenvalue weighted by Gasteiger charge is 2.41. The lowest BCUT2D eigenvalue weighted by atomic mass is 9.79. The second-order valence-corrected chi connectivity index (χ2v) is 4.03. The van der Waals surface area contributed by atoms with E-state index in [1.165, 1.54) is 0 Å². The summed E-state index contributed by atoms with van der Waals surface area (Å²) >= 11 is 0. The molecule has 0 spiro atoms. The summed E-state index contributed by atoms with van der Waals surface area (Å²) < 4.78 is 1.89. The van der Waals surface area contributed by atoms with Crippen molar-refractivity contribution in [2.24, 2.45) is 5.41 Å². The summed E-state index contributed by atoms with van der Waals surface area (Å²) in [5, 5.41) is 3.12. The number of carbonyl (C=O) groups excluding carboxylic acids is 1. The highest BCUT2D eigenvalue weighted by atomic mass is 16.1. The van der Waals surface area contributed by atoms with Gasteiger partial charge in [-0.05, 0) is 13.8 Å². The topological polar surface area (TPSA) is 46.9 Å².